The Morgan fingerprint density at radius 2 is 1.58 bits per heavy atom. The van der Waals surface area contributed by atoms with E-state index in [4.69, 9.17) is 5.10 Å². The molecule has 0 spiro atoms. The second-order valence-corrected chi connectivity index (χ2v) is 7.11. The maximum Gasteiger partial charge on any atom is 0.0911 e. The molecule has 2 heteroatoms. The van der Waals surface area contributed by atoms with Crippen molar-refractivity contribution in [2.45, 2.75) is 47.1 Å². The molecule has 0 bridgehead atoms. The van der Waals surface area contributed by atoms with Crippen molar-refractivity contribution >= 4 is 5.57 Å². The molecule has 0 amide bonds. The fourth-order valence-corrected chi connectivity index (χ4v) is 2.20. The van der Waals surface area contributed by atoms with Crippen LogP contribution in [0.1, 0.15) is 41.5 Å². The lowest BCUT2D eigenvalue weighted by molar-refractivity contribution is 0.207. The lowest BCUT2D eigenvalue weighted by Gasteiger charge is -2.29. The van der Waals surface area contributed by atoms with Crippen LogP contribution >= 0.6 is 0 Å². The van der Waals surface area contributed by atoms with Crippen LogP contribution in [-0.2, 0) is 0 Å². The third-order valence-electron chi connectivity index (χ3n) is 3.29. The predicted molar refractivity (Wildman–Crippen MR) is 80.8 cm³/mol. The summed E-state index contributed by atoms with van der Waals surface area (Å²) in [5.74, 6) is 0. The first-order valence-corrected chi connectivity index (χ1v) is 6.85. The van der Waals surface area contributed by atoms with Gasteiger partial charge in [-0.2, -0.15) is 5.10 Å². The van der Waals surface area contributed by atoms with Crippen LogP contribution in [-0.4, -0.2) is 10.5 Å². The fraction of sp³-hybridized carbons (Fsp3) is 0.471. The van der Waals surface area contributed by atoms with Crippen molar-refractivity contribution in [2.75, 3.05) is 0 Å². The van der Waals surface area contributed by atoms with Crippen LogP contribution in [0.3, 0.4) is 0 Å². The Kier molecular flexibility index (Phi) is 3.29. The first kappa shape index (κ1) is 13.9. The van der Waals surface area contributed by atoms with Gasteiger partial charge in [-0.05, 0) is 43.9 Å². The number of benzene rings is 1. The molecule has 2 rings (SSSR count). The number of nitrogens with zero attached hydrogens (tertiary/aromatic N) is 2. The lowest BCUT2D eigenvalue weighted by Crippen LogP contribution is -2.37. The van der Waals surface area contributed by atoms with E-state index in [1.54, 1.807) is 0 Å². The number of hydrogen-bond donors (Lipinski definition) is 0. The van der Waals surface area contributed by atoms with Crippen LogP contribution in [0.15, 0.2) is 41.6 Å². The van der Waals surface area contributed by atoms with Gasteiger partial charge in [0.05, 0.1) is 10.9 Å². The molecule has 0 saturated carbocycles. The Bertz CT molecular complexity index is 610. The molecule has 19 heavy (non-hydrogen) atoms. The molecule has 2 nitrogen and oxygen atoms in total. The molecule has 0 atom stereocenters. The van der Waals surface area contributed by atoms with E-state index in [0.29, 0.717) is 0 Å². The molecule has 0 N–H and O–H groups in total. The minimum atomic E-state index is -0.0169. The summed E-state index contributed by atoms with van der Waals surface area (Å²) in [6.45, 7) is 13.3. The van der Waals surface area contributed by atoms with E-state index in [1.807, 2.05) is 5.01 Å². The molecule has 1 aliphatic rings. The molecule has 1 aromatic carbocycles. The summed E-state index contributed by atoms with van der Waals surface area (Å²) >= 11 is 0. The van der Waals surface area contributed by atoms with E-state index >= 15 is 0 Å². The molecular formula is C17H24N2. The zero-order valence-electron chi connectivity index (χ0n) is 12.9. The average Bonchev–Trinajstić information content (AvgIpc) is 2.46. The highest BCUT2D eigenvalue weighted by Gasteiger charge is 2.22. The van der Waals surface area contributed by atoms with Gasteiger partial charge in [-0.1, -0.05) is 39.0 Å². The quantitative estimate of drug-likeness (QED) is 0.696. The number of fused-ring (bicyclic) bond motifs is 1. The molecule has 0 radical (unpaired) electrons. The van der Waals surface area contributed by atoms with Crippen molar-refractivity contribution in [1.29, 1.82) is 0 Å². The van der Waals surface area contributed by atoms with Crippen molar-refractivity contribution in [1.82, 2.24) is 5.01 Å². The Balaban J connectivity index is 2.75. The van der Waals surface area contributed by atoms with E-state index in [1.165, 1.54) is 10.8 Å². The summed E-state index contributed by atoms with van der Waals surface area (Å²) in [6, 6.07) is 8.39. The van der Waals surface area contributed by atoms with Gasteiger partial charge in [0, 0.05) is 11.4 Å². The third kappa shape index (κ3) is 2.89. The van der Waals surface area contributed by atoms with Crippen LogP contribution in [0.2, 0.25) is 0 Å². The van der Waals surface area contributed by atoms with E-state index in [-0.39, 0.29) is 11.0 Å². The van der Waals surface area contributed by atoms with Crippen molar-refractivity contribution in [3.05, 3.63) is 47.1 Å². The van der Waals surface area contributed by atoms with E-state index in [9.17, 15) is 0 Å². The monoisotopic (exact) mass is 256 g/mol. The molecule has 102 valence electrons. The van der Waals surface area contributed by atoms with Crippen molar-refractivity contribution < 1.29 is 0 Å². The normalized spacial score (nSPS) is 15.9. The van der Waals surface area contributed by atoms with Crippen LogP contribution in [0.5, 0.6) is 0 Å². The first-order chi connectivity index (χ1) is 8.69. The fourth-order valence-electron chi connectivity index (χ4n) is 2.20. The van der Waals surface area contributed by atoms with Crippen molar-refractivity contribution in [3.8, 4) is 0 Å². The van der Waals surface area contributed by atoms with Gasteiger partial charge in [0.25, 0.3) is 0 Å². The zero-order valence-corrected chi connectivity index (χ0v) is 12.9. The van der Waals surface area contributed by atoms with Gasteiger partial charge in [-0.25, -0.2) is 0 Å². The molecule has 0 aromatic heterocycles. The highest BCUT2D eigenvalue weighted by molar-refractivity contribution is 5.61. The zero-order chi connectivity index (χ0) is 14.3. The number of rotatable bonds is 0. The van der Waals surface area contributed by atoms with Gasteiger partial charge >= 0.3 is 0 Å². The highest BCUT2D eigenvalue weighted by atomic mass is 15.5. The Labute approximate surface area is 116 Å². The SMILES string of the molecule is CC(C)(C)C1=c2ccccc2=NN(C(C)(C)C)C=C1. The molecule has 1 heterocycles. The Morgan fingerprint density at radius 1 is 0.947 bits per heavy atom. The molecule has 0 unspecified atom stereocenters. The van der Waals surface area contributed by atoms with Gasteiger partial charge in [0.2, 0.25) is 0 Å². The van der Waals surface area contributed by atoms with E-state index in [2.05, 4.69) is 78.1 Å². The molecule has 1 aromatic rings. The van der Waals surface area contributed by atoms with Gasteiger partial charge in [-0.3, -0.25) is 5.01 Å². The number of allylic oxidation sites excluding steroid dienone is 1. The third-order valence-corrected chi connectivity index (χ3v) is 3.29. The highest BCUT2D eigenvalue weighted by Crippen LogP contribution is 2.27. The maximum absolute atomic E-state index is 4.80. The summed E-state index contributed by atoms with van der Waals surface area (Å²) in [4.78, 5) is 0. The minimum Gasteiger partial charge on any atom is -0.267 e. The van der Waals surface area contributed by atoms with E-state index in [0.717, 1.165) is 5.36 Å². The second kappa shape index (κ2) is 4.52. The molecule has 0 aliphatic carbocycles. The topological polar surface area (TPSA) is 15.6 Å². The Morgan fingerprint density at radius 3 is 2.16 bits per heavy atom. The molecule has 0 fully saturated rings. The maximum atomic E-state index is 4.80. The average molecular weight is 256 g/mol. The van der Waals surface area contributed by atoms with Gasteiger partial charge in [0.15, 0.2) is 0 Å². The lowest BCUT2D eigenvalue weighted by atomic mass is 9.85. The van der Waals surface area contributed by atoms with Gasteiger partial charge in [0.1, 0.15) is 0 Å². The van der Waals surface area contributed by atoms with Crippen LogP contribution in [0.25, 0.3) is 5.57 Å². The molecule has 1 aliphatic heterocycles. The summed E-state index contributed by atoms with van der Waals surface area (Å²) in [6.07, 6.45) is 4.31. The van der Waals surface area contributed by atoms with E-state index < -0.39 is 0 Å². The van der Waals surface area contributed by atoms with Crippen LogP contribution < -0.4 is 10.6 Å². The minimum absolute atomic E-state index is 0.0169. The second-order valence-electron chi connectivity index (χ2n) is 7.11. The number of hydrogen-bond acceptors (Lipinski definition) is 2. The largest absolute Gasteiger partial charge is 0.267 e. The molecule has 0 saturated heterocycles. The van der Waals surface area contributed by atoms with Crippen LogP contribution in [0, 0.1) is 5.41 Å². The van der Waals surface area contributed by atoms with Crippen molar-refractivity contribution in [2.24, 2.45) is 10.5 Å². The van der Waals surface area contributed by atoms with Gasteiger partial charge in [-0.15, -0.1) is 0 Å². The van der Waals surface area contributed by atoms with Gasteiger partial charge < -0.3 is 0 Å². The Hall–Kier alpha value is -1.57. The summed E-state index contributed by atoms with van der Waals surface area (Å²) in [5, 5.41) is 9.13. The van der Waals surface area contributed by atoms with Crippen molar-refractivity contribution in [3.63, 3.8) is 0 Å². The molecular weight excluding hydrogens is 232 g/mol. The standard InChI is InChI=1S/C17H24N2/c1-16(2,3)14-11-12-19(17(4,5)6)18-15-10-8-7-9-13(14)15/h7-12H,1-6H3. The summed E-state index contributed by atoms with van der Waals surface area (Å²) in [7, 11) is 0. The summed E-state index contributed by atoms with van der Waals surface area (Å²) < 4.78 is 0. The summed E-state index contributed by atoms with van der Waals surface area (Å²) in [5.41, 5.74) is 1.42. The van der Waals surface area contributed by atoms with Crippen LogP contribution in [0.4, 0.5) is 0 Å². The predicted octanol–water partition coefficient (Wildman–Crippen LogP) is 3.05. The smallest absolute Gasteiger partial charge is 0.0911 e. The first-order valence-electron chi connectivity index (χ1n) is 6.85.